The van der Waals surface area contributed by atoms with Crippen LogP contribution in [0.3, 0.4) is 0 Å². The average Bonchev–Trinajstić information content (AvgIpc) is 2.39. The van der Waals surface area contributed by atoms with Crippen LogP contribution in [-0.4, -0.2) is 11.6 Å². The molecule has 2 aromatic carbocycles. The third-order valence-corrected chi connectivity index (χ3v) is 3.57. The second-order valence-corrected chi connectivity index (χ2v) is 5.30. The van der Waals surface area contributed by atoms with E-state index in [1.807, 2.05) is 6.07 Å². The summed E-state index contributed by atoms with van der Waals surface area (Å²) in [6.07, 6.45) is -0.164. The molecule has 2 nitrogen and oxygen atoms in total. The number of hydrogen-bond acceptors (Lipinski definition) is 2. The normalized spacial score (nSPS) is 10.2. The molecule has 0 heterocycles. The van der Waals surface area contributed by atoms with Gasteiger partial charge >= 0.3 is 0 Å². The van der Waals surface area contributed by atoms with Crippen molar-refractivity contribution in [1.29, 1.82) is 0 Å². The molecule has 0 aliphatic carbocycles. The Morgan fingerprint density at radius 2 is 1.74 bits per heavy atom. The number of carbonyl (C=O) groups excluding carboxylic acids is 2. The molecule has 0 atom stereocenters. The fourth-order valence-electron chi connectivity index (χ4n) is 1.69. The van der Waals surface area contributed by atoms with Gasteiger partial charge in [-0.3, -0.25) is 9.59 Å². The lowest BCUT2D eigenvalue weighted by molar-refractivity contribution is 0.0894. The zero-order valence-corrected chi connectivity index (χ0v) is 12.2. The second-order valence-electron chi connectivity index (χ2n) is 4.01. The number of Topliss-reactive ketones (excluding diaryl/α,β-unsaturated/α-hetero) is 2. The van der Waals surface area contributed by atoms with Crippen molar-refractivity contribution in [2.45, 2.75) is 6.42 Å². The van der Waals surface area contributed by atoms with E-state index in [1.54, 1.807) is 42.5 Å². The third kappa shape index (κ3) is 3.52. The minimum atomic E-state index is -0.233. The van der Waals surface area contributed by atoms with E-state index in [-0.39, 0.29) is 18.0 Å². The average molecular weight is 338 g/mol. The van der Waals surface area contributed by atoms with E-state index < -0.39 is 0 Å². The molecule has 0 spiro atoms. The van der Waals surface area contributed by atoms with E-state index in [2.05, 4.69) is 15.9 Å². The first kappa shape index (κ1) is 14.0. The maximum absolute atomic E-state index is 12.1. The van der Waals surface area contributed by atoms with Gasteiger partial charge in [0.05, 0.1) is 6.42 Å². The molecule has 0 aromatic heterocycles. The number of carbonyl (C=O) groups is 2. The molecule has 0 saturated heterocycles. The van der Waals surface area contributed by atoms with Crippen LogP contribution >= 0.6 is 27.5 Å². The van der Waals surface area contributed by atoms with Crippen LogP contribution in [-0.2, 0) is 0 Å². The second kappa shape index (κ2) is 6.13. The first-order chi connectivity index (χ1) is 9.08. The highest BCUT2D eigenvalue weighted by molar-refractivity contribution is 9.10. The van der Waals surface area contributed by atoms with Crippen molar-refractivity contribution in [2.75, 3.05) is 0 Å². The molecule has 0 aliphatic heterocycles. The maximum atomic E-state index is 12.1. The highest BCUT2D eigenvalue weighted by Crippen LogP contribution is 2.19. The highest BCUT2D eigenvalue weighted by atomic mass is 79.9. The van der Waals surface area contributed by atoms with Gasteiger partial charge in [-0.05, 0) is 18.2 Å². The summed E-state index contributed by atoms with van der Waals surface area (Å²) < 4.78 is 0.693. The van der Waals surface area contributed by atoms with Gasteiger partial charge in [0.25, 0.3) is 0 Å². The van der Waals surface area contributed by atoms with E-state index in [4.69, 9.17) is 11.6 Å². The van der Waals surface area contributed by atoms with E-state index in [0.717, 1.165) is 0 Å². The van der Waals surface area contributed by atoms with Crippen LogP contribution in [0.2, 0.25) is 5.02 Å². The summed E-state index contributed by atoms with van der Waals surface area (Å²) in [5, 5.41) is 0.485. The van der Waals surface area contributed by atoms with Crippen molar-refractivity contribution >= 4 is 39.1 Å². The number of benzene rings is 2. The summed E-state index contributed by atoms with van der Waals surface area (Å²) >= 11 is 9.12. The van der Waals surface area contributed by atoms with Gasteiger partial charge in [-0.2, -0.15) is 0 Å². The van der Waals surface area contributed by atoms with Crippen molar-refractivity contribution in [3.63, 3.8) is 0 Å². The quantitative estimate of drug-likeness (QED) is 0.605. The number of halogens is 2. The van der Waals surface area contributed by atoms with Crippen LogP contribution < -0.4 is 0 Å². The fraction of sp³-hybridized carbons (Fsp3) is 0.0667. The Kier molecular flexibility index (Phi) is 4.51. The maximum Gasteiger partial charge on any atom is 0.171 e. The molecular weight excluding hydrogens is 328 g/mol. The standard InChI is InChI=1S/C15H10BrClO2/c16-13-7-2-1-6-12(13)15(19)9-14(18)10-4-3-5-11(17)8-10/h1-8H,9H2. The molecule has 0 bridgehead atoms. The van der Waals surface area contributed by atoms with Crippen LogP contribution in [0, 0.1) is 0 Å². The Labute approximate surface area is 124 Å². The molecule has 19 heavy (non-hydrogen) atoms. The molecule has 0 N–H and O–H groups in total. The van der Waals surface area contributed by atoms with E-state index in [0.29, 0.717) is 20.6 Å². The van der Waals surface area contributed by atoms with Crippen molar-refractivity contribution in [3.8, 4) is 0 Å². The lowest BCUT2D eigenvalue weighted by atomic mass is 10.0. The molecule has 0 unspecified atom stereocenters. The minimum absolute atomic E-state index is 0.164. The molecule has 4 heteroatoms. The summed E-state index contributed by atoms with van der Waals surface area (Å²) in [4.78, 5) is 24.0. The molecule has 0 fully saturated rings. The Morgan fingerprint density at radius 3 is 2.42 bits per heavy atom. The fourth-order valence-corrected chi connectivity index (χ4v) is 2.39. The highest BCUT2D eigenvalue weighted by Gasteiger charge is 2.15. The van der Waals surface area contributed by atoms with E-state index in [9.17, 15) is 9.59 Å². The summed E-state index contributed by atoms with van der Waals surface area (Å²) in [5.41, 5.74) is 0.964. The summed E-state index contributed by atoms with van der Waals surface area (Å²) in [6, 6.07) is 13.7. The van der Waals surface area contributed by atoms with E-state index >= 15 is 0 Å². The van der Waals surface area contributed by atoms with Gasteiger partial charge < -0.3 is 0 Å². The molecule has 0 amide bonds. The monoisotopic (exact) mass is 336 g/mol. The van der Waals surface area contributed by atoms with Crippen molar-refractivity contribution in [1.82, 2.24) is 0 Å². The first-order valence-corrected chi connectivity index (χ1v) is 6.81. The topological polar surface area (TPSA) is 34.1 Å². The Hall–Kier alpha value is -1.45. The number of ketones is 2. The first-order valence-electron chi connectivity index (χ1n) is 5.64. The van der Waals surface area contributed by atoms with Gasteiger partial charge in [0.2, 0.25) is 0 Å². The zero-order chi connectivity index (χ0) is 13.8. The summed E-state index contributed by atoms with van der Waals surface area (Å²) in [6.45, 7) is 0. The summed E-state index contributed by atoms with van der Waals surface area (Å²) in [5.74, 6) is -0.444. The molecule has 2 rings (SSSR count). The predicted octanol–water partition coefficient (Wildman–Crippen LogP) is 4.56. The van der Waals surface area contributed by atoms with Crippen LogP contribution in [0.5, 0.6) is 0 Å². The molecular formula is C15H10BrClO2. The molecule has 96 valence electrons. The predicted molar refractivity (Wildman–Crippen MR) is 78.9 cm³/mol. The van der Waals surface area contributed by atoms with Gasteiger partial charge in [0.1, 0.15) is 0 Å². The van der Waals surface area contributed by atoms with Gasteiger partial charge in [0.15, 0.2) is 11.6 Å². The van der Waals surface area contributed by atoms with Crippen molar-refractivity contribution < 1.29 is 9.59 Å². The molecule has 0 saturated carbocycles. The smallest absolute Gasteiger partial charge is 0.171 e. The van der Waals surface area contributed by atoms with E-state index in [1.165, 1.54) is 0 Å². The molecule has 0 aliphatic rings. The van der Waals surface area contributed by atoms with Gasteiger partial charge in [-0.15, -0.1) is 0 Å². The van der Waals surface area contributed by atoms with Crippen LogP contribution in [0.1, 0.15) is 27.1 Å². The Morgan fingerprint density at radius 1 is 1.00 bits per heavy atom. The lowest BCUT2D eigenvalue weighted by Crippen LogP contribution is -2.09. The third-order valence-electron chi connectivity index (χ3n) is 2.64. The van der Waals surface area contributed by atoms with Crippen LogP contribution in [0.25, 0.3) is 0 Å². The zero-order valence-electron chi connectivity index (χ0n) is 9.90. The Bertz CT molecular complexity index is 638. The summed E-state index contributed by atoms with van der Waals surface area (Å²) in [7, 11) is 0. The van der Waals surface area contributed by atoms with Gasteiger partial charge in [0, 0.05) is 20.6 Å². The van der Waals surface area contributed by atoms with Gasteiger partial charge in [-0.1, -0.05) is 57.9 Å². The molecule has 0 radical (unpaired) electrons. The SMILES string of the molecule is O=C(CC(=O)c1ccccc1Br)c1cccc(Cl)c1. The minimum Gasteiger partial charge on any atom is -0.294 e. The van der Waals surface area contributed by atoms with Crippen molar-refractivity contribution in [2.24, 2.45) is 0 Å². The lowest BCUT2D eigenvalue weighted by Gasteiger charge is -2.03. The van der Waals surface area contributed by atoms with Crippen molar-refractivity contribution in [3.05, 3.63) is 69.2 Å². The largest absolute Gasteiger partial charge is 0.294 e. The van der Waals surface area contributed by atoms with Crippen LogP contribution in [0.4, 0.5) is 0 Å². The van der Waals surface area contributed by atoms with Crippen LogP contribution in [0.15, 0.2) is 53.0 Å². The molecule has 2 aromatic rings. The van der Waals surface area contributed by atoms with Gasteiger partial charge in [-0.25, -0.2) is 0 Å². The Balaban J connectivity index is 2.16. The number of hydrogen-bond donors (Lipinski definition) is 0. The number of rotatable bonds is 4.